The predicted molar refractivity (Wildman–Crippen MR) is 150 cm³/mol. The van der Waals surface area contributed by atoms with E-state index in [1.807, 2.05) is 39.8 Å². The van der Waals surface area contributed by atoms with Crippen molar-refractivity contribution in [1.82, 2.24) is 0 Å². The van der Waals surface area contributed by atoms with Crippen molar-refractivity contribution < 1.29 is 29.3 Å². The first-order valence-electron chi connectivity index (χ1n) is 13.8. The molecular formula is C33H42O6. The fraction of sp³-hybridized carbons (Fsp3) is 0.545. The Morgan fingerprint density at radius 3 is 2.21 bits per heavy atom. The summed E-state index contributed by atoms with van der Waals surface area (Å²) in [6, 6.07) is 8.55. The van der Waals surface area contributed by atoms with Crippen LogP contribution in [0.25, 0.3) is 0 Å². The minimum atomic E-state index is -1.99. The van der Waals surface area contributed by atoms with Crippen LogP contribution in [-0.2, 0) is 14.3 Å². The highest BCUT2D eigenvalue weighted by Gasteiger charge is 2.77. The van der Waals surface area contributed by atoms with Crippen LogP contribution >= 0.6 is 0 Å². The third-order valence-corrected chi connectivity index (χ3v) is 8.97. The van der Waals surface area contributed by atoms with Crippen LogP contribution in [-0.4, -0.2) is 44.9 Å². The Kier molecular flexibility index (Phi) is 7.01. The van der Waals surface area contributed by atoms with Gasteiger partial charge in [-0.05, 0) is 65.7 Å². The minimum absolute atomic E-state index is 0.170. The van der Waals surface area contributed by atoms with E-state index in [0.29, 0.717) is 23.3 Å². The zero-order valence-corrected chi connectivity index (χ0v) is 24.4. The fourth-order valence-electron chi connectivity index (χ4n) is 6.67. The molecule has 2 bridgehead atoms. The number of ketones is 3. The highest BCUT2D eigenvalue weighted by molar-refractivity contribution is 6.36. The summed E-state index contributed by atoms with van der Waals surface area (Å²) in [5, 5.41) is 21.5. The number of fused-ring (bicyclic) bond motifs is 1. The first-order valence-corrected chi connectivity index (χ1v) is 13.8. The van der Waals surface area contributed by atoms with Crippen molar-refractivity contribution in [2.45, 2.75) is 92.0 Å². The van der Waals surface area contributed by atoms with Gasteiger partial charge in [0, 0.05) is 17.6 Å². The molecule has 0 amide bonds. The van der Waals surface area contributed by atoms with Gasteiger partial charge in [0.2, 0.25) is 0 Å². The molecule has 1 heterocycles. The van der Waals surface area contributed by atoms with E-state index < -0.39 is 56.8 Å². The molecule has 1 aliphatic heterocycles. The van der Waals surface area contributed by atoms with Crippen molar-refractivity contribution in [2.75, 3.05) is 0 Å². The first-order chi connectivity index (χ1) is 17.9. The quantitative estimate of drug-likeness (QED) is 0.271. The van der Waals surface area contributed by atoms with Crippen molar-refractivity contribution in [3.05, 3.63) is 71.0 Å². The second-order valence-corrected chi connectivity index (χ2v) is 13.5. The third kappa shape index (κ3) is 4.46. The van der Waals surface area contributed by atoms with Gasteiger partial charge in [-0.1, -0.05) is 68.0 Å². The largest absolute Gasteiger partial charge is 0.490 e. The standard InChI is InChI=1S/C33H42O6/c1-20(2)14-15-23-26(35)33(25(34)21-12-10-9-11-13-21)28(36)32(19-24(31(7,8)38)39-27(23)32)18-22(30(33,5)6)16-17-29(3,4)37/h9-14,16-17,22,24,37-38H,15,18-19H2,1-8H3/b17-16+/t22-,24-,32-,33-/m1/s1. The molecule has 39 heavy (non-hydrogen) atoms. The predicted octanol–water partition coefficient (Wildman–Crippen LogP) is 5.54. The molecule has 0 unspecified atom stereocenters. The molecule has 1 aromatic rings. The second kappa shape index (κ2) is 9.38. The van der Waals surface area contributed by atoms with Gasteiger partial charge in [-0.25, -0.2) is 0 Å². The maximum atomic E-state index is 15.0. The lowest BCUT2D eigenvalue weighted by Gasteiger charge is -2.58. The smallest absolute Gasteiger partial charge is 0.184 e. The average Bonchev–Trinajstić information content (AvgIpc) is 3.21. The van der Waals surface area contributed by atoms with Crippen molar-refractivity contribution in [2.24, 2.45) is 22.2 Å². The van der Waals surface area contributed by atoms with E-state index in [9.17, 15) is 24.6 Å². The molecule has 1 saturated heterocycles. The molecule has 1 spiro atoms. The molecule has 1 saturated carbocycles. The monoisotopic (exact) mass is 534 g/mol. The number of rotatable bonds is 7. The van der Waals surface area contributed by atoms with Crippen LogP contribution in [0.15, 0.2) is 65.5 Å². The Labute approximate surface area is 231 Å². The van der Waals surface area contributed by atoms with Gasteiger partial charge in [0.25, 0.3) is 0 Å². The second-order valence-electron chi connectivity index (χ2n) is 13.5. The van der Waals surface area contributed by atoms with Crippen molar-refractivity contribution >= 4 is 17.3 Å². The van der Waals surface area contributed by atoms with E-state index in [-0.39, 0.29) is 12.8 Å². The number of carbonyl (C=O) groups excluding carboxylic acids is 3. The highest BCUT2D eigenvalue weighted by Crippen LogP contribution is 2.68. The maximum Gasteiger partial charge on any atom is 0.184 e. The molecular weight excluding hydrogens is 492 g/mol. The van der Waals surface area contributed by atoms with E-state index in [1.165, 1.54) is 0 Å². The minimum Gasteiger partial charge on any atom is -0.490 e. The van der Waals surface area contributed by atoms with Gasteiger partial charge in [-0.3, -0.25) is 14.4 Å². The molecule has 4 atom stereocenters. The van der Waals surface area contributed by atoms with E-state index >= 15 is 0 Å². The van der Waals surface area contributed by atoms with Crippen LogP contribution in [0.1, 0.15) is 85.0 Å². The molecule has 2 N–H and O–H groups in total. The molecule has 0 aromatic heterocycles. The van der Waals surface area contributed by atoms with Gasteiger partial charge in [0.05, 0.1) is 16.6 Å². The highest BCUT2D eigenvalue weighted by atomic mass is 16.5. The number of benzene rings is 1. The fourth-order valence-corrected chi connectivity index (χ4v) is 6.67. The van der Waals surface area contributed by atoms with Crippen molar-refractivity contribution in [1.29, 1.82) is 0 Å². The maximum absolute atomic E-state index is 15.0. The van der Waals surface area contributed by atoms with Gasteiger partial charge in [0.1, 0.15) is 11.9 Å². The molecule has 2 aliphatic carbocycles. The van der Waals surface area contributed by atoms with Crippen LogP contribution in [0.3, 0.4) is 0 Å². The Balaban J connectivity index is 2.08. The number of Topliss-reactive ketones (excluding diaryl/α,β-unsaturated/α-hetero) is 3. The van der Waals surface area contributed by atoms with Crippen LogP contribution < -0.4 is 0 Å². The van der Waals surface area contributed by atoms with E-state index in [1.54, 1.807) is 64.1 Å². The van der Waals surface area contributed by atoms with Crippen molar-refractivity contribution in [3.8, 4) is 0 Å². The summed E-state index contributed by atoms with van der Waals surface area (Å²) in [6.45, 7) is 14.1. The number of aliphatic hydroxyl groups is 2. The number of carbonyl (C=O) groups is 3. The summed E-state index contributed by atoms with van der Waals surface area (Å²) in [7, 11) is 0. The summed E-state index contributed by atoms with van der Waals surface area (Å²) >= 11 is 0. The molecule has 2 fully saturated rings. The van der Waals surface area contributed by atoms with Gasteiger partial charge < -0.3 is 14.9 Å². The molecule has 6 nitrogen and oxygen atoms in total. The molecule has 3 aliphatic rings. The van der Waals surface area contributed by atoms with E-state index in [4.69, 9.17) is 4.74 Å². The molecule has 0 radical (unpaired) electrons. The average molecular weight is 535 g/mol. The van der Waals surface area contributed by atoms with E-state index in [2.05, 4.69) is 0 Å². The summed E-state index contributed by atoms with van der Waals surface area (Å²) in [5.41, 5.74) is -5.12. The summed E-state index contributed by atoms with van der Waals surface area (Å²) in [4.78, 5) is 44.4. The van der Waals surface area contributed by atoms with Gasteiger partial charge in [-0.2, -0.15) is 0 Å². The van der Waals surface area contributed by atoms with Crippen LogP contribution in [0.2, 0.25) is 0 Å². The van der Waals surface area contributed by atoms with Crippen LogP contribution in [0.5, 0.6) is 0 Å². The molecule has 4 rings (SSSR count). The Morgan fingerprint density at radius 1 is 1.05 bits per heavy atom. The summed E-state index contributed by atoms with van der Waals surface area (Å²) in [6.07, 6.45) is 5.42. The van der Waals surface area contributed by atoms with Crippen LogP contribution in [0.4, 0.5) is 0 Å². The lowest BCUT2D eigenvalue weighted by atomic mass is 9.40. The van der Waals surface area contributed by atoms with Gasteiger partial charge >= 0.3 is 0 Å². The zero-order chi connectivity index (χ0) is 29.2. The number of allylic oxidation sites excluding steroid dienone is 5. The number of hydrogen-bond acceptors (Lipinski definition) is 6. The normalized spacial score (nSPS) is 30.3. The zero-order valence-electron chi connectivity index (χ0n) is 24.4. The van der Waals surface area contributed by atoms with Crippen LogP contribution in [0, 0.1) is 22.2 Å². The number of ether oxygens (including phenoxy) is 1. The van der Waals surface area contributed by atoms with Crippen molar-refractivity contribution in [3.63, 3.8) is 0 Å². The van der Waals surface area contributed by atoms with Gasteiger partial charge in [-0.15, -0.1) is 0 Å². The third-order valence-electron chi connectivity index (χ3n) is 8.97. The lowest BCUT2D eigenvalue weighted by Crippen LogP contribution is -2.69. The molecule has 1 aromatic carbocycles. The SMILES string of the molecule is CC(C)=CCC1=C2O[C@@H](C(C)(C)O)C[C@]23C[C@@H](/C=C/C(C)(C)O)C(C)(C)[C@](C(=O)c2ccccc2)(C1=O)C3=O. The Morgan fingerprint density at radius 2 is 1.67 bits per heavy atom. The Hall–Kier alpha value is -2.83. The summed E-state index contributed by atoms with van der Waals surface area (Å²) in [5.74, 6) is -1.58. The topological polar surface area (TPSA) is 101 Å². The first kappa shape index (κ1) is 29.2. The lowest BCUT2D eigenvalue weighted by molar-refractivity contribution is -0.160. The number of hydrogen-bond donors (Lipinski definition) is 2. The molecule has 6 heteroatoms. The summed E-state index contributed by atoms with van der Waals surface area (Å²) < 4.78 is 6.36. The van der Waals surface area contributed by atoms with E-state index in [0.717, 1.165) is 5.57 Å². The Bertz CT molecular complexity index is 1280. The van der Waals surface area contributed by atoms with Gasteiger partial charge in [0.15, 0.2) is 22.8 Å². The molecule has 210 valence electrons.